The summed E-state index contributed by atoms with van der Waals surface area (Å²) in [6.45, 7) is 2.08. The monoisotopic (exact) mass is 561 g/mol. The van der Waals surface area contributed by atoms with E-state index in [0.717, 1.165) is 37.0 Å². The van der Waals surface area contributed by atoms with Gasteiger partial charge in [-0.1, -0.05) is 30.3 Å². The van der Waals surface area contributed by atoms with E-state index in [-0.39, 0.29) is 11.0 Å². The van der Waals surface area contributed by atoms with E-state index >= 15 is 0 Å². The maximum Gasteiger partial charge on any atom is 0.261 e. The number of hydrogen-bond donors (Lipinski definition) is 2. The van der Waals surface area contributed by atoms with Crippen molar-refractivity contribution in [3.05, 3.63) is 88.4 Å². The summed E-state index contributed by atoms with van der Waals surface area (Å²) < 4.78 is 7.41. The molecule has 8 heteroatoms. The first-order chi connectivity index (χ1) is 16.9. The Balaban J connectivity index is 1.31. The molecule has 1 amide bonds. The number of aromatic nitrogens is 1. The molecule has 0 unspecified atom stereocenters. The molecule has 0 aliphatic heterocycles. The first-order valence-electron chi connectivity index (χ1n) is 10.8. The van der Waals surface area contributed by atoms with Crippen LogP contribution in [0.5, 0.6) is 5.75 Å². The topological polar surface area (TPSA) is 63.2 Å². The molecule has 174 valence electrons. The van der Waals surface area contributed by atoms with Gasteiger partial charge in [0.05, 0.1) is 27.4 Å². The number of thiocarbonyl (C=S) groups is 1. The molecular weight excluding hydrogens is 542 g/mol. The Morgan fingerprint density at radius 1 is 1.06 bits per heavy atom. The molecule has 5 aromatic rings. The van der Waals surface area contributed by atoms with Gasteiger partial charge in [0.2, 0.25) is 0 Å². The van der Waals surface area contributed by atoms with Gasteiger partial charge >= 0.3 is 0 Å². The highest BCUT2D eigenvalue weighted by molar-refractivity contribution is 9.10. The number of fused-ring (bicyclic) bond motifs is 2. The van der Waals surface area contributed by atoms with Gasteiger partial charge < -0.3 is 10.1 Å². The van der Waals surface area contributed by atoms with E-state index in [1.165, 1.54) is 17.4 Å². The lowest BCUT2D eigenvalue weighted by molar-refractivity contribution is 0.0975. The number of benzene rings is 4. The number of hydrogen-bond acceptors (Lipinski definition) is 5. The third-order valence-electron chi connectivity index (χ3n) is 5.55. The number of thiazole rings is 1. The summed E-state index contributed by atoms with van der Waals surface area (Å²) >= 11 is 10.6. The Hall–Kier alpha value is -3.33. The fraction of sp³-hybridized carbons (Fsp3) is 0.0741. The average molecular weight is 563 g/mol. The van der Waals surface area contributed by atoms with Crippen LogP contribution in [0, 0.1) is 6.92 Å². The number of ether oxygens (including phenoxy) is 1. The highest BCUT2D eigenvalue weighted by Crippen LogP contribution is 2.36. The van der Waals surface area contributed by atoms with Gasteiger partial charge in [0.25, 0.3) is 5.91 Å². The lowest BCUT2D eigenvalue weighted by atomic mass is 10.1. The number of nitrogens with one attached hydrogen (secondary N) is 2. The van der Waals surface area contributed by atoms with Crippen molar-refractivity contribution in [3.8, 4) is 16.3 Å². The van der Waals surface area contributed by atoms with Crippen LogP contribution < -0.4 is 15.4 Å². The van der Waals surface area contributed by atoms with Crippen LogP contribution in [0.3, 0.4) is 0 Å². The van der Waals surface area contributed by atoms with Crippen molar-refractivity contribution in [3.63, 3.8) is 0 Å². The summed E-state index contributed by atoms with van der Waals surface area (Å²) in [6, 6.07) is 23.6. The molecule has 5 nitrogen and oxygen atoms in total. The van der Waals surface area contributed by atoms with Crippen LogP contribution in [0.2, 0.25) is 0 Å². The average Bonchev–Trinajstić information content (AvgIpc) is 3.27. The van der Waals surface area contributed by atoms with Crippen molar-refractivity contribution < 1.29 is 9.53 Å². The van der Waals surface area contributed by atoms with Gasteiger partial charge in [-0.25, -0.2) is 4.98 Å². The van der Waals surface area contributed by atoms with E-state index in [4.69, 9.17) is 21.9 Å². The van der Waals surface area contributed by atoms with Crippen molar-refractivity contribution in [2.24, 2.45) is 0 Å². The Labute approximate surface area is 220 Å². The molecule has 0 bridgehead atoms. The van der Waals surface area contributed by atoms with Crippen molar-refractivity contribution in [1.82, 2.24) is 10.3 Å². The number of rotatable bonds is 4. The number of aryl methyl sites for hydroxylation is 1. The lowest BCUT2D eigenvalue weighted by Crippen LogP contribution is -2.34. The van der Waals surface area contributed by atoms with Gasteiger partial charge in [0.1, 0.15) is 10.8 Å². The Kier molecular flexibility index (Phi) is 6.51. The normalized spacial score (nSPS) is 10.9. The number of carbonyl (C=O) groups excluding carboxylic acids is 1. The number of carbonyl (C=O) groups is 1. The lowest BCUT2D eigenvalue weighted by Gasteiger charge is -2.14. The Morgan fingerprint density at radius 2 is 1.83 bits per heavy atom. The van der Waals surface area contributed by atoms with Gasteiger partial charge in [-0.2, -0.15) is 0 Å². The predicted molar refractivity (Wildman–Crippen MR) is 152 cm³/mol. The molecule has 2 N–H and O–H groups in total. The second-order valence-electron chi connectivity index (χ2n) is 7.97. The highest BCUT2D eigenvalue weighted by Gasteiger charge is 2.19. The van der Waals surface area contributed by atoms with Gasteiger partial charge in [-0.05, 0) is 93.9 Å². The molecule has 35 heavy (non-hydrogen) atoms. The van der Waals surface area contributed by atoms with Crippen molar-refractivity contribution >= 4 is 77.2 Å². The molecule has 1 heterocycles. The molecular formula is C27H20BrN3O2S2. The zero-order valence-corrected chi connectivity index (χ0v) is 22.1. The molecule has 0 aliphatic rings. The van der Waals surface area contributed by atoms with Crippen LogP contribution in [-0.4, -0.2) is 23.1 Å². The zero-order chi connectivity index (χ0) is 24.5. The molecule has 0 atom stereocenters. The SMILES string of the molecule is COc1c(C(=O)NC(=S)Nc2ccc(-c3nc4ccc(C)cc4s3)cc2)cc2ccccc2c1Br. The first-order valence-corrected chi connectivity index (χ1v) is 12.8. The maximum absolute atomic E-state index is 13.0. The van der Waals surface area contributed by atoms with Gasteiger partial charge in [0.15, 0.2) is 5.11 Å². The molecule has 5 rings (SSSR count). The zero-order valence-electron chi connectivity index (χ0n) is 18.9. The molecule has 0 saturated carbocycles. The Morgan fingerprint density at radius 3 is 2.60 bits per heavy atom. The minimum absolute atomic E-state index is 0.199. The van der Waals surface area contributed by atoms with E-state index in [1.54, 1.807) is 17.4 Å². The van der Waals surface area contributed by atoms with E-state index in [1.807, 2.05) is 54.6 Å². The van der Waals surface area contributed by atoms with Crippen molar-refractivity contribution in [2.45, 2.75) is 6.92 Å². The van der Waals surface area contributed by atoms with E-state index < -0.39 is 0 Å². The molecule has 0 aliphatic carbocycles. The molecule has 1 aromatic heterocycles. The number of nitrogens with zero attached hydrogens (tertiary/aromatic N) is 1. The second kappa shape index (κ2) is 9.73. The quantitative estimate of drug-likeness (QED) is 0.225. The highest BCUT2D eigenvalue weighted by atomic mass is 79.9. The summed E-state index contributed by atoms with van der Waals surface area (Å²) in [7, 11) is 1.54. The predicted octanol–water partition coefficient (Wildman–Crippen LogP) is 7.32. The molecule has 0 spiro atoms. The molecule has 4 aromatic carbocycles. The fourth-order valence-electron chi connectivity index (χ4n) is 3.84. The van der Waals surface area contributed by atoms with Crippen molar-refractivity contribution in [2.75, 3.05) is 12.4 Å². The minimum Gasteiger partial charge on any atom is -0.495 e. The summed E-state index contributed by atoms with van der Waals surface area (Å²) in [5.41, 5.74) is 4.40. The standard InChI is InChI=1S/C27H20BrN3O2S2/c1-15-7-12-21-22(13-15)35-26(30-21)16-8-10-18(11-9-16)29-27(34)31-25(32)20-14-17-5-3-4-6-19(17)23(28)24(20)33-2/h3-14H,1-2H3,(H2,29,31,32,34). The van der Waals surface area contributed by atoms with Crippen LogP contribution in [0.4, 0.5) is 5.69 Å². The van der Waals surface area contributed by atoms with E-state index in [2.05, 4.69) is 45.6 Å². The van der Waals surface area contributed by atoms with E-state index in [0.29, 0.717) is 11.3 Å². The van der Waals surface area contributed by atoms with Crippen LogP contribution >= 0.6 is 39.5 Å². The third-order valence-corrected chi connectivity index (χ3v) is 7.61. The molecule has 0 radical (unpaired) electrons. The smallest absolute Gasteiger partial charge is 0.261 e. The van der Waals surface area contributed by atoms with E-state index in [9.17, 15) is 4.79 Å². The second-order valence-corrected chi connectivity index (χ2v) is 10.2. The summed E-state index contributed by atoms with van der Waals surface area (Å²) in [4.78, 5) is 17.8. The summed E-state index contributed by atoms with van der Waals surface area (Å²) in [5, 5.41) is 8.87. The maximum atomic E-state index is 13.0. The third kappa shape index (κ3) is 4.77. The number of anilines is 1. The number of amides is 1. The number of halogens is 1. The van der Waals surface area contributed by atoms with Crippen LogP contribution in [0.1, 0.15) is 15.9 Å². The van der Waals surface area contributed by atoms with Crippen molar-refractivity contribution in [1.29, 1.82) is 0 Å². The van der Waals surface area contributed by atoms with Gasteiger partial charge in [-0.15, -0.1) is 11.3 Å². The minimum atomic E-state index is -0.354. The molecule has 0 fully saturated rings. The number of methoxy groups -OCH3 is 1. The summed E-state index contributed by atoms with van der Waals surface area (Å²) in [5.74, 6) is 0.103. The van der Waals surface area contributed by atoms with Crippen LogP contribution in [-0.2, 0) is 0 Å². The van der Waals surface area contributed by atoms with Crippen LogP contribution in [0.25, 0.3) is 31.6 Å². The van der Waals surface area contributed by atoms with Gasteiger partial charge in [-0.3, -0.25) is 10.1 Å². The first kappa shape index (κ1) is 23.4. The largest absolute Gasteiger partial charge is 0.495 e. The fourth-order valence-corrected chi connectivity index (χ4v) is 5.85. The molecule has 0 saturated heterocycles. The van der Waals surface area contributed by atoms with Gasteiger partial charge in [0, 0.05) is 11.3 Å². The summed E-state index contributed by atoms with van der Waals surface area (Å²) in [6.07, 6.45) is 0. The van der Waals surface area contributed by atoms with Crippen LogP contribution in [0.15, 0.2) is 77.3 Å². The Bertz CT molecular complexity index is 1600.